The van der Waals surface area contributed by atoms with E-state index >= 15 is 0 Å². The first-order chi connectivity index (χ1) is 9.78. The van der Waals surface area contributed by atoms with Gasteiger partial charge in [-0.1, -0.05) is 0 Å². The Morgan fingerprint density at radius 1 is 1.38 bits per heavy atom. The molecule has 0 unspecified atom stereocenters. The molecule has 0 radical (unpaired) electrons. The number of rotatable bonds is 5. The van der Waals surface area contributed by atoms with Crippen molar-refractivity contribution in [3.8, 4) is 5.75 Å². The Bertz CT molecular complexity index is 495. The van der Waals surface area contributed by atoms with Gasteiger partial charge in [0.15, 0.2) is 5.60 Å². The summed E-state index contributed by atoms with van der Waals surface area (Å²) in [6.45, 7) is 4.02. The molecule has 5 heteroatoms. The molecular formula is C16H22FNO3. The Morgan fingerprint density at radius 3 is 2.48 bits per heavy atom. The second kappa shape index (κ2) is 6.02. The lowest BCUT2D eigenvalue weighted by molar-refractivity contribution is -0.145. The van der Waals surface area contributed by atoms with Crippen LogP contribution < -0.4 is 4.74 Å². The lowest BCUT2D eigenvalue weighted by Gasteiger charge is -2.37. The molecule has 0 bridgehead atoms. The first-order valence-corrected chi connectivity index (χ1v) is 7.16. The van der Waals surface area contributed by atoms with Gasteiger partial charge in [0.05, 0.1) is 6.10 Å². The van der Waals surface area contributed by atoms with Gasteiger partial charge in [0, 0.05) is 13.6 Å². The molecule has 21 heavy (non-hydrogen) atoms. The SMILES string of the molecule is CN(CC1CC(O)C1)C(=O)C(C)(C)Oc1ccc(F)cc1. The number of likely N-dealkylation sites (N-methyl/N-ethyl adjacent to an activating group) is 1. The fourth-order valence-electron chi connectivity index (χ4n) is 2.62. The third kappa shape index (κ3) is 3.94. The van der Waals surface area contributed by atoms with Gasteiger partial charge in [0.2, 0.25) is 0 Å². The van der Waals surface area contributed by atoms with Gasteiger partial charge in [-0.05, 0) is 56.9 Å². The van der Waals surface area contributed by atoms with Gasteiger partial charge in [-0.3, -0.25) is 4.79 Å². The first kappa shape index (κ1) is 15.8. The first-order valence-electron chi connectivity index (χ1n) is 7.16. The number of hydrogen-bond acceptors (Lipinski definition) is 3. The van der Waals surface area contributed by atoms with Crippen LogP contribution in [0, 0.1) is 11.7 Å². The summed E-state index contributed by atoms with van der Waals surface area (Å²) < 4.78 is 18.6. The summed E-state index contributed by atoms with van der Waals surface area (Å²) in [6, 6.07) is 5.62. The maximum Gasteiger partial charge on any atom is 0.265 e. The average Bonchev–Trinajstić information content (AvgIpc) is 2.38. The van der Waals surface area contributed by atoms with E-state index in [1.54, 1.807) is 25.8 Å². The Labute approximate surface area is 124 Å². The van der Waals surface area contributed by atoms with Crippen molar-refractivity contribution in [2.24, 2.45) is 5.92 Å². The van der Waals surface area contributed by atoms with Crippen LogP contribution in [0.3, 0.4) is 0 Å². The second-order valence-electron chi connectivity index (χ2n) is 6.24. The summed E-state index contributed by atoms with van der Waals surface area (Å²) in [5, 5.41) is 9.29. The van der Waals surface area contributed by atoms with E-state index in [4.69, 9.17) is 4.74 Å². The van der Waals surface area contributed by atoms with Crippen LogP contribution in [0.15, 0.2) is 24.3 Å². The third-order valence-corrected chi connectivity index (χ3v) is 3.79. The third-order valence-electron chi connectivity index (χ3n) is 3.79. The molecule has 1 aliphatic carbocycles. The Balaban J connectivity index is 1.93. The molecule has 1 aliphatic rings. The fraction of sp³-hybridized carbons (Fsp3) is 0.562. The lowest BCUT2D eigenvalue weighted by atomic mass is 9.82. The Kier molecular flexibility index (Phi) is 4.52. The predicted octanol–water partition coefficient (Wildman–Crippen LogP) is 2.21. The van der Waals surface area contributed by atoms with Crippen LogP contribution >= 0.6 is 0 Å². The highest BCUT2D eigenvalue weighted by atomic mass is 19.1. The molecule has 1 amide bonds. The van der Waals surface area contributed by atoms with Gasteiger partial charge in [-0.2, -0.15) is 0 Å². The van der Waals surface area contributed by atoms with E-state index in [9.17, 15) is 14.3 Å². The van der Waals surface area contributed by atoms with Crippen molar-refractivity contribution in [2.75, 3.05) is 13.6 Å². The zero-order chi connectivity index (χ0) is 15.6. The van der Waals surface area contributed by atoms with Gasteiger partial charge in [-0.15, -0.1) is 0 Å². The number of nitrogens with zero attached hydrogens (tertiary/aromatic N) is 1. The van der Waals surface area contributed by atoms with Crippen molar-refractivity contribution in [2.45, 2.75) is 38.4 Å². The van der Waals surface area contributed by atoms with E-state index in [2.05, 4.69) is 0 Å². The summed E-state index contributed by atoms with van der Waals surface area (Å²) in [5.74, 6) is 0.346. The molecule has 116 valence electrons. The van der Waals surface area contributed by atoms with Gasteiger partial charge < -0.3 is 14.7 Å². The summed E-state index contributed by atoms with van der Waals surface area (Å²) in [5.41, 5.74) is -1.02. The van der Waals surface area contributed by atoms with E-state index in [0.717, 1.165) is 12.8 Å². The maximum absolute atomic E-state index is 12.9. The molecule has 1 aromatic rings. The molecule has 2 rings (SSSR count). The largest absolute Gasteiger partial charge is 0.478 e. The summed E-state index contributed by atoms with van der Waals surface area (Å²) in [4.78, 5) is 14.1. The van der Waals surface area contributed by atoms with Crippen molar-refractivity contribution in [1.82, 2.24) is 4.90 Å². The number of hydrogen-bond donors (Lipinski definition) is 1. The van der Waals surface area contributed by atoms with Crippen LogP contribution in [-0.2, 0) is 4.79 Å². The van der Waals surface area contributed by atoms with E-state index in [-0.39, 0.29) is 17.8 Å². The number of ether oxygens (including phenoxy) is 1. The number of benzene rings is 1. The van der Waals surface area contributed by atoms with Gasteiger partial charge >= 0.3 is 0 Å². The van der Waals surface area contributed by atoms with E-state index in [0.29, 0.717) is 18.2 Å². The maximum atomic E-state index is 12.9. The highest BCUT2D eigenvalue weighted by Crippen LogP contribution is 2.28. The molecule has 0 aliphatic heterocycles. The van der Waals surface area contributed by atoms with Crippen LogP contribution in [0.4, 0.5) is 4.39 Å². The highest BCUT2D eigenvalue weighted by Gasteiger charge is 2.36. The van der Waals surface area contributed by atoms with E-state index < -0.39 is 5.60 Å². The van der Waals surface area contributed by atoms with Crippen molar-refractivity contribution < 1.29 is 19.0 Å². The molecule has 1 saturated carbocycles. The zero-order valence-electron chi connectivity index (χ0n) is 12.7. The lowest BCUT2D eigenvalue weighted by Crippen LogP contribution is -2.50. The number of carbonyl (C=O) groups is 1. The summed E-state index contributed by atoms with van der Waals surface area (Å²) in [7, 11) is 1.74. The van der Waals surface area contributed by atoms with Crippen LogP contribution in [0.2, 0.25) is 0 Å². The number of aliphatic hydroxyl groups excluding tert-OH is 1. The van der Waals surface area contributed by atoms with Crippen molar-refractivity contribution in [1.29, 1.82) is 0 Å². The smallest absolute Gasteiger partial charge is 0.265 e. The quantitative estimate of drug-likeness (QED) is 0.906. The molecule has 0 atom stereocenters. The topological polar surface area (TPSA) is 49.8 Å². The Morgan fingerprint density at radius 2 is 1.95 bits per heavy atom. The minimum Gasteiger partial charge on any atom is -0.478 e. The number of amides is 1. The predicted molar refractivity (Wildman–Crippen MR) is 77.5 cm³/mol. The average molecular weight is 295 g/mol. The molecule has 0 aromatic heterocycles. The minimum absolute atomic E-state index is 0.131. The normalized spacial score (nSPS) is 21.6. The molecule has 0 heterocycles. The van der Waals surface area contributed by atoms with Crippen LogP contribution in [-0.4, -0.2) is 41.2 Å². The number of carbonyl (C=O) groups excluding carboxylic acids is 1. The van der Waals surface area contributed by atoms with Gasteiger partial charge in [0.25, 0.3) is 5.91 Å². The van der Waals surface area contributed by atoms with Crippen LogP contribution in [0.25, 0.3) is 0 Å². The van der Waals surface area contributed by atoms with Crippen molar-refractivity contribution >= 4 is 5.91 Å². The van der Waals surface area contributed by atoms with E-state index in [1.165, 1.54) is 24.3 Å². The zero-order valence-corrected chi connectivity index (χ0v) is 12.7. The van der Waals surface area contributed by atoms with Crippen molar-refractivity contribution in [3.63, 3.8) is 0 Å². The Hall–Kier alpha value is -1.62. The van der Waals surface area contributed by atoms with Gasteiger partial charge in [-0.25, -0.2) is 4.39 Å². The molecular weight excluding hydrogens is 273 g/mol. The summed E-state index contributed by atoms with van der Waals surface area (Å²) >= 11 is 0. The molecule has 0 saturated heterocycles. The van der Waals surface area contributed by atoms with Crippen LogP contribution in [0.1, 0.15) is 26.7 Å². The monoisotopic (exact) mass is 295 g/mol. The van der Waals surface area contributed by atoms with Crippen LogP contribution in [0.5, 0.6) is 5.75 Å². The highest BCUT2D eigenvalue weighted by molar-refractivity contribution is 5.84. The number of aliphatic hydroxyl groups is 1. The van der Waals surface area contributed by atoms with Crippen molar-refractivity contribution in [3.05, 3.63) is 30.1 Å². The van der Waals surface area contributed by atoms with Gasteiger partial charge in [0.1, 0.15) is 11.6 Å². The number of halogens is 1. The molecule has 0 spiro atoms. The van der Waals surface area contributed by atoms with E-state index in [1.807, 2.05) is 0 Å². The molecule has 1 fully saturated rings. The summed E-state index contributed by atoms with van der Waals surface area (Å²) in [6.07, 6.45) is 1.27. The molecule has 1 N–H and O–H groups in total. The molecule has 1 aromatic carbocycles. The minimum atomic E-state index is -1.02. The standard InChI is InChI=1S/C16H22FNO3/c1-16(2,21-14-6-4-12(17)5-7-14)15(20)18(3)10-11-8-13(19)9-11/h4-7,11,13,19H,8-10H2,1-3H3. The fourth-order valence-corrected chi connectivity index (χ4v) is 2.62. The second-order valence-corrected chi connectivity index (χ2v) is 6.24. The molecule has 4 nitrogen and oxygen atoms in total.